The van der Waals surface area contributed by atoms with Crippen molar-refractivity contribution in [2.24, 2.45) is 0 Å². The molecule has 2 aromatic carbocycles. The smallest absolute Gasteiger partial charge is 0.134 e. The fourth-order valence-corrected chi connectivity index (χ4v) is 1.66. The Morgan fingerprint density at radius 3 is 1.95 bits per heavy atom. The Balaban J connectivity index is 2.34. The lowest BCUT2D eigenvalue weighted by Gasteiger charge is -2.10. The van der Waals surface area contributed by atoms with Crippen molar-refractivity contribution in [1.29, 1.82) is 5.26 Å². The van der Waals surface area contributed by atoms with Gasteiger partial charge in [0.05, 0.1) is 25.9 Å². The van der Waals surface area contributed by atoms with Gasteiger partial charge in [-0.3, -0.25) is 0 Å². The molecule has 0 amide bonds. The molecule has 0 N–H and O–H groups in total. The predicted molar refractivity (Wildman–Crippen MR) is 70.7 cm³/mol. The van der Waals surface area contributed by atoms with E-state index in [0.717, 1.165) is 6.07 Å². The van der Waals surface area contributed by atoms with Crippen LogP contribution in [0.15, 0.2) is 36.4 Å². The number of halogens is 1. The summed E-state index contributed by atoms with van der Waals surface area (Å²) in [6.45, 7) is 0. The number of nitriles is 1. The molecule has 0 aromatic heterocycles. The van der Waals surface area contributed by atoms with Crippen LogP contribution in [-0.4, -0.2) is 14.2 Å². The molecule has 2 aromatic rings. The molecule has 5 heteroatoms. The van der Waals surface area contributed by atoms with Crippen molar-refractivity contribution >= 4 is 0 Å². The molecule has 20 heavy (non-hydrogen) atoms. The van der Waals surface area contributed by atoms with E-state index in [1.54, 1.807) is 18.2 Å². The molecule has 0 saturated carbocycles. The first-order valence-electron chi connectivity index (χ1n) is 5.76. The zero-order chi connectivity index (χ0) is 14.5. The first-order valence-corrected chi connectivity index (χ1v) is 5.76. The third kappa shape index (κ3) is 3.18. The predicted octanol–water partition coefficient (Wildman–Crippen LogP) is 3.51. The molecule has 0 aliphatic rings. The van der Waals surface area contributed by atoms with Gasteiger partial charge < -0.3 is 14.2 Å². The minimum Gasteiger partial charge on any atom is -0.496 e. The lowest BCUT2D eigenvalue weighted by molar-refractivity contribution is 0.386. The van der Waals surface area contributed by atoms with Crippen LogP contribution in [-0.2, 0) is 0 Å². The van der Waals surface area contributed by atoms with Crippen LogP contribution in [0.1, 0.15) is 5.56 Å². The van der Waals surface area contributed by atoms with Crippen LogP contribution < -0.4 is 14.2 Å². The van der Waals surface area contributed by atoms with Crippen molar-refractivity contribution in [3.05, 3.63) is 47.8 Å². The minimum absolute atomic E-state index is 0.190. The molecule has 102 valence electrons. The average Bonchev–Trinajstić information content (AvgIpc) is 2.46. The third-order valence-electron chi connectivity index (χ3n) is 2.56. The molecule has 2 rings (SSSR count). The zero-order valence-corrected chi connectivity index (χ0v) is 11.0. The number of rotatable bonds is 4. The van der Waals surface area contributed by atoms with Crippen LogP contribution in [0, 0.1) is 17.1 Å². The fourth-order valence-electron chi connectivity index (χ4n) is 1.66. The van der Waals surface area contributed by atoms with Gasteiger partial charge in [0.2, 0.25) is 0 Å². The standard InChI is InChI=1S/C15H12FNO3/c1-18-12-6-13(19-2)8-15(7-12)20-14-4-10(9-17)3-11(16)5-14/h3-8H,1-2H3. The molecule has 0 aliphatic carbocycles. The monoisotopic (exact) mass is 273 g/mol. The molecular formula is C15H12FNO3. The molecule has 0 spiro atoms. The molecule has 0 heterocycles. The highest BCUT2D eigenvalue weighted by molar-refractivity contribution is 5.45. The quantitative estimate of drug-likeness (QED) is 0.855. The maximum atomic E-state index is 13.3. The zero-order valence-electron chi connectivity index (χ0n) is 11.0. The molecule has 0 radical (unpaired) electrons. The lowest BCUT2D eigenvalue weighted by atomic mass is 10.2. The number of hydrogen-bond acceptors (Lipinski definition) is 4. The first kappa shape index (κ1) is 13.7. The summed E-state index contributed by atoms with van der Waals surface area (Å²) in [5, 5.41) is 8.80. The SMILES string of the molecule is COc1cc(OC)cc(Oc2cc(F)cc(C#N)c2)c1. The van der Waals surface area contributed by atoms with E-state index in [4.69, 9.17) is 19.5 Å². The normalized spacial score (nSPS) is 9.70. The van der Waals surface area contributed by atoms with Crippen molar-refractivity contribution in [2.45, 2.75) is 0 Å². The van der Waals surface area contributed by atoms with Crippen molar-refractivity contribution < 1.29 is 18.6 Å². The number of nitrogens with zero attached hydrogens (tertiary/aromatic N) is 1. The van der Waals surface area contributed by atoms with E-state index in [9.17, 15) is 4.39 Å². The van der Waals surface area contributed by atoms with Crippen LogP contribution in [0.25, 0.3) is 0 Å². The Bertz CT molecular complexity index is 642. The largest absolute Gasteiger partial charge is 0.496 e. The van der Waals surface area contributed by atoms with Crippen LogP contribution in [0.2, 0.25) is 0 Å². The van der Waals surface area contributed by atoms with E-state index >= 15 is 0 Å². The van der Waals surface area contributed by atoms with Gasteiger partial charge in [0.1, 0.15) is 28.8 Å². The van der Waals surface area contributed by atoms with Crippen molar-refractivity contribution in [3.8, 4) is 29.1 Å². The Labute approximate surface area is 115 Å². The molecule has 0 bridgehead atoms. The summed E-state index contributed by atoms with van der Waals surface area (Å²) in [7, 11) is 3.04. The summed E-state index contributed by atoms with van der Waals surface area (Å²) >= 11 is 0. The molecule has 4 nitrogen and oxygen atoms in total. The van der Waals surface area contributed by atoms with Crippen molar-refractivity contribution in [1.82, 2.24) is 0 Å². The molecule has 0 unspecified atom stereocenters. The van der Waals surface area contributed by atoms with Crippen LogP contribution >= 0.6 is 0 Å². The summed E-state index contributed by atoms with van der Waals surface area (Å²) in [4.78, 5) is 0. The van der Waals surface area contributed by atoms with E-state index in [1.165, 1.54) is 26.4 Å². The second kappa shape index (κ2) is 5.93. The maximum Gasteiger partial charge on any atom is 0.134 e. The van der Waals surface area contributed by atoms with Gasteiger partial charge >= 0.3 is 0 Å². The Morgan fingerprint density at radius 1 is 0.850 bits per heavy atom. The highest BCUT2D eigenvalue weighted by atomic mass is 19.1. The minimum atomic E-state index is -0.533. The van der Waals surface area contributed by atoms with Gasteiger partial charge in [0.25, 0.3) is 0 Å². The molecule has 0 aliphatic heterocycles. The average molecular weight is 273 g/mol. The highest BCUT2D eigenvalue weighted by Gasteiger charge is 2.06. The second-order valence-corrected chi connectivity index (χ2v) is 3.94. The van der Waals surface area contributed by atoms with E-state index in [0.29, 0.717) is 17.2 Å². The van der Waals surface area contributed by atoms with Crippen LogP contribution in [0.5, 0.6) is 23.0 Å². The summed E-state index contributed by atoms with van der Waals surface area (Å²) in [6, 6.07) is 10.6. The molecular weight excluding hydrogens is 261 g/mol. The maximum absolute atomic E-state index is 13.3. The van der Waals surface area contributed by atoms with Gasteiger partial charge in [-0.2, -0.15) is 5.26 Å². The third-order valence-corrected chi connectivity index (χ3v) is 2.56. The summed E-state index contributed by atoms with van der Waals surface area (Å²) < 4.78 is 29.1. The lowest BCUT2D eigenvalue weighted by Crippen LogP contribution is -1.91. The number of benzene rings is 2. The Morgan fingerprint density at radius 2 is 1.40 bits per heavy atom. The van der Waals surface area contributed by atoms with Gasteiger partial charge in [0, 0.05) is 24.3 Å². The van der Waals surface area contributed by atoms with E-state index in [2.05, 4.69) is 0 Å². The van der Waals surface area contributed by atoms with Gasteiger partial charge in [0.15, 0.2) is 0 Å². The van der Waals surface area contributed by atoms with E-state index < -0.39 is 5.82 Å². The summed E-state index contributed by atoms with van der Waals surface area (Å²) in [5.41, 5.74) is 0.190. The van der Waals surface area contributed by atoms with Crippen molar-refractivity contribution in [2.75, 3.05) is 14.2 Å². The van der Waals surface area contributed by atoms with Crippen LogP contribution in [0.3, 0.4) is 0 Å². The number of hydrogen-bond donors (Lipinski definition) is 0. The van der Waals surface area contributed by atoms with Gasteiger partial charge in [-0.05, 0) is 12.1 Å². The first-order chi connectivity index (χ1) is 9.64. The number of ether oxygens (including phenoxy) is 3. The number of methoxy groups -OCH3 is 2. The Hall–Kier alpha value is -2.74. The summed E-state index contributed by atoms with van der Waals surface area (Å²) in [6.07, 6.45) is 0. The topological polar surface area (TPSA) is 51.5 Å². The van der Waals surface area contributed by atoms with Gasteiger partial charge in [-0.1, -0.05) is 0 Å². The fraction of sp³-hybridized carbons (Fsp3) is 0.133. The van der Waals surface area contributed by atoms with Gasteiger partial charge in [-0.15, -0.1) is 0 Å². The van der Waals surface area contributed by atoms with E-state index in [-0.39, 0.29) is 11.3 Å². The summed E-state index contributed by atoms with van der Waals surface area (Å²) in [5.74, 6) is 1.23. The highest BCUT2D eigenvalue weighted by Crippen LogP contribution is 2.31. The molecule has 0 saturated heterocycles. The molecule has 0 atom stereocenters. The van der Waals surface area contributed by atoms with Gasteiger partial charge in [-0.25, -0.2) is 4.39 Å². The molecule has 0 fully saturated rings. The van der Waals surface area contributed by atoms with Crippen molar-refractivity contribution in [3.63, 3.8) is 0 Å². The Kier molecular flexibility index (Phi) is 4.06. The van der Waals surface area contributed by atoms with E-state index in [1.807, 2.05) is 6.07 Å². The van der Waals surface area contributed by atoms with Crippen LogP contribution in [0.4, 0.5) is 4.39 Å². The second-order valence-electron chi connectivity index (χ2n) is 3.94.